The Morgan fingerprint density at radius 2 is 2.14 bits per heavy atom. The van der Waals surface area contributed by atoms with Crippen LogP contribution in [-0.2, 0) is 11.2 Å². The monoisotopic (exact) mass is 285 g/mol. The van der Waals surface area contributed by atoms with Crippen LogP contribution >= 0.6 is 0 Å². The Hall–Kier alpha value is -2.17. The fourth-order valence-corrected chi connectivity index (χ4v) is 2.59. The summed E-state index contributed by atoms with van der Waals surface area (Å²) in [7, 11) is 0. The number of aromatic nitrogens is 2. The summed E-state index contributed by atoms with van der Waals surface area (Å²) in [5.41, 5.74) is 3.36. The fourth-order valence-electron chi connectivity index (χ4n) is 2.59. The Morgan fingerprint density at radius 3 is 2.81 bits per heavy atom. The molecular weight excluding hydrogens is 266 g/mol. The van der Waals surface area contributed by atoms with E-state index in [1.807, 2.05) is 24.0 Å². The minimum Gasteiger partial charge on any atom is -0.339 e. The highest BCUT2D eigenvalue weighted by Crippen LogP contribution is 2.31. The molecular formula is C16H19N3O2. The largest absolute Gasteiger partial charge is 0.339 e. The van der Waals surface area contributed by atoms with Crippen molar-refractivity contribution in [3.63, 3.8) is 0 Å². The minimum absolute atomic E-state index is 0.00749. The molecule has 0 radical (unpaired) electrons. The third-order valence-corrected chi connectivity index (χ3v) is 4.08. The molecule has 1 aliphatic heterocycles. The molecule has 110 valence electrons. The van der Waals surface area contributed by atoms with Crippen molar-refractivity contribution in [1.29, 1.82) is 0 Å². The van der Waals surface area contributed by atoms with Crippen molar-refractivity contribution < 1.29 is 9.32 Å². The molecule has 1 aromatic carbocycles. The quantitative estimate of drug-likeness (QED) is 0.870. The summed E-state index contributed by atoms with van der Waals surface area (Å²) in [6.45, 7) is 6.71. The standard InChI is InChI=1S/C16H19N3O2/c1-4-14-17-16(21-18-14)12-8-15(20)19(9-12)13-6-5-10(2)11(3)7-13/h5-7,12H,4,8-9H2,1-3H3/t12-/m0/s1. The van der Waals surface area contributed by atoms with Crippen LogP contribution in [0.15, 0.2) is 22.7 Å². The first-order valence-electron chi connectivity index (χ1n) is 7.28. The number of amides is 1. The van der Waals surface area contributed by atoms with Crippen molar-refractivity contribution in [2.75, 3.05) is 11.4 Å². The lowest BCUT2D eigenvalue weighted by atomic mass is 10.1. The number of carbonyl (C=O) groups is 1. The van der Waals surface area contributed by atoms with Gasteiger partial charge in [-0.05, 0) is 37.1 Å². The summed E-state index contributed by atoms with van der Waals surface area (Å²) in [4.78, 5) is 18.4. The lowest BCUT2D eigenvalue weighted by molar-refractivity contribution is -0.117. The Bertz CT molecular complexity index is 678. The molecule has 0 spiro atoms. The molecule has 21 heavy (non-hydrogen) atoms. The number of aryl methyl sites for hydroxylation is 3. The van der Waals surface area contributed by atoms with Gasteiger partial charge in [-0.2, -0.15) is 4.98 Å². The Labute approximate surface area is 124 Å². The van der Waals surface area contributed by atoms with Crippen molar-refractivity contribution in [3.05, 3.63) is 41.0 Å². The van der Waals surface area contributed by atoms with E-state index in [1.165, 1.54) is 11.1 Å². The summed E-state index contributed by atoms with van der Waals surface area (Å²) in [5, 5.41) is 3.91. The van der Waals surface area contributed by atoms with Gasteiger partial charge in [0.25, 0.3) is 0 Å². The van der Waals surface area contributed by atoms with Crippen LogP contribution < -0.4 is 4.90 Å². The topological polar surface area (TPSA) is 59.2 Å². The average molecular weight is 285 g/mol. The van der Waals surface area contributed by atoms with E-state index in [1.54, 1.807) is 0 Å². The van der Waals surface area contributed by atoms with Gasteiger partial charge in [0, 0.05) is 25.1 Å². The van der Waals surface area contributed by atoms with Crippen LogP contribution in [0.1, 0.15) is 42.1 Å². The number of hydrogen-bond donors (Lipinski definition) is 0. The van der Waals surface area contributed by atoms with Crippen LogP contribution in [0.5, 0.6) is 0 Å². The Kier molecular flexibility index (Phi) is 3.49. The summed E-state index contributed by atoms with van der Waals surface area (Å²) in [6, 6.07) is 6.10. The number of anilines is 1. The van der Waals surface area contributed by atoms with Gasteiger partial charge >= 0.3 is 0 Å². The van der Waals surface area contributed by atoms with Gasteiger partial charge in [-0.15, -0.1) is 0 Å². The third kappa shape index (κ3) is 2.55. The highest BCUT2D eigenvalue weighted by atomic mass is 16.5. The van der Waals surface area contributed by atoms with Gasteiger partial charge in [-0.3, -0.25) is 4.79 Å². The minimum atomic E-state index is -0.00749. The number of rotatable bonds is 3. The van der Waals surface area contributed by atoms with Gasteiger partial charge < -0.3 is 9.42 Å². The number of carbonyl (C=O) groups excluding carboxylic acids is 1. The van der Waals surface area contributed by atoms with Crippen LogP contribution in [0.25, 0.3) is 0 Å². The molecule has 1 aromatic heterocycles. The Balaban J connectivity index is 1.82. The second kappa shape index (κ2) is 5.31. The van der Waals surface area contributed by atoms with Crippen molar-refractivity contribution in [3.8, 4) is 0 Å². The molecule has 0 saturated carbocycles. The second-order valence-corrected chi connectivity index (χ2v) is 5.58. The number of benzene rings is 1. The van der Waals surface area contributed by atoms with Crippen LogP contribution in [0.2, 0.25) is 0 Å². The third-order valence-electron chi connectivity index (χ3n) is 4.08. The molecule has 1 saturated heterocycles. The van der Waals surface area contributed by atoms with Crippen LogP contribution in [0, 0.1) is 13.8 Å². The molecule has 1 fully saturated rings. The van der Waals surface area contributed by atoms with Crippen molar-refractivity contribution in [2.24, 2.45) is 0 Å². The van der Waals surface area contributed by atoms with Gasteiger partial charge in [0.15, 0.2) is 5.82 Å². The summed E-state index contributed by atoms with van der Waals surface area (Å²) < 4.78 is 5.27. The lowest BCUT2D eigenvalue weighted by Crippen LogP contribution is -2.24. The van der Waals surface area contributed by atoms with E-state index in [0.29, 0.717) is 24.7 Å². The number of nitrogens with zero attached hydrogens (tertiary/aromatic N) is 3. The molecule has 0 bridgehead atoms. The van der Waals surface area contributed by atoms with Gasteiger partial charge in [-0.1, -0.05) is 18.1 Å². The normalized spacial score (nSPS) is 18.5. The van der Waals surface area contributed by atoms with E-state index in [0.717, 1.165) is 12.1 Å². The SMILES string of the molecule is CCc1noc([C@H]2CC(=O)N(c3ccc(C)c(C)c3)C2)n1. The summed E-state index contributed by atoms with van der Waals surface area (Å²) >= 11 is 0. The van der Waals surface area contributed by atoms with Crippen LogP contribution in [0.3, 0.4) is 0 Å². The van der Waals surface area contributed by atoms with Gasteiger partial charge in [0.2, 0.25) is 11.8 Å². The van der Waals surface area contributed by atoms with Crippen LogP contribution in [-0.4, -0.2) is 22.6 Å². The maximum absolute atomic E-state index is 12.3. The highest BCUT2D eigenvalue weighted by molar-refractivity contribution is 5.96. The summed E-state index contributed by atoms with van der Waals surface area (Å²) in [6.07, 6.45) is 1.17. The molecule has 0 aliphatic carbocycles. The molecule has 0 N–H and O–H groups in total. The molecule has 3 rings (SSSR count). The molecule has 2 aromatic rings. The molecule has 2 heterocycles. The molecule has 5 nitrogen and oxygen atoms in total. The van der Waals surface area contributed by atoms with E-state index in [2.05, 4.69) is 30.1 Å². The predicted molar refractivity (Wildman–Crippen MR) is 79.3 cm³/mol. The van der Waals surface area contributed by atoms with Crippen molar-refractivity contribution in [2.45, 2.75) is 39.5 Å². The van der Waals surface area contributed by atoms with E-state index in [-0.39, 0.29) is 11.8 Å². The molecule has 5 heteroatoms. The fraction of sp³-hybridized carbons (Fsp3) is 0.438. The first-order valence-corrected chi connectivity index (χ1v) is 7.28. The van der Waals surface area contributed by atoms with Gasteiger partial charge in [0.1, 0.15) is 0 Å². The van der Waals surface area contributed by atoms with E-state index in [9.17, 15) is 4.79 Å². The van der Waals surface area contributed by atoms with E-state index in [4.69, 9.17) is 4.52 Å². The van der Waals surface area contributed by atoms with E-state index >= 15 is 0 Å². The predicted octanol–water partition coefficient (Wildman–Crippen LogP) is 2.77. The molecule has 1 amide bonds. The zero-order chi connectivity index (χ0) is 15.0. The first-order chi connectivity index (χ1) is 10.1. The molecule has 0 unspecified atom stereocenters. The maximum atomic E-state index is 12.3. The summed E-state index contributed by atoms with van der Waals surface area (Å²) in [5.74, 6) is 1.38. The average Bonchev–Trinajstić information content (AvgIpc) is 3.08. The first kappa shape index (κ1) is 13.8. The highest BCUT2D eigenvalue weighted by Gasteiger charge is 2.35. The molecule has 1 atom stereocenters. The lowest BCUT2D eigenvalue weighted by Gasteiger charge is -2.17. The van der Waals surface area contributed by atoms with Crippen molar-refractivity contribution >= 4 is 11.6 Å². The maximum Gasteiger partial charge on any atom is 0.232 e. The molecule has 1 aliphatic rings. The zero-order valence-electron chi connectivity index (χ0n) is 12.6. The van der Waals surface area contributed by atoms with E-state index < -0.39 is 0 Å². The second-order valence-electron chi connectivity index (χ2n) is 5.58. The van der Waals surface area contributed by atoms with Gasteiger partial charge in [-0.25, -0.2) is 0 Å². The zero-order valence-corrected chi connectivity index (χ0v) is 12.6. The van der Waals surface area contributed by atoms with Crippen molar-refractivity contribution in [1.82, 2.24) is 10.1 Å². The van der Waals surface area contributed by atoms with Crippen LogP contribution in [0.4, 0.5) is 5.69 Å². The van der Waals surface area contributed by atoms with Gasteiger partial charge in [0.05, 0.1) is 5.92 Å². The number of hydrogen-bond acceptors (Lipinski definition) is 4. The Morgan fingerprint density at radius 1 is 1.33 bits per heavy atom. The smallest absolute Gasteiger partial charge is 0.232 e.